The van der Waals surface area contributed by atoms with Gasteiger partial charge in [-0.3, -0.25) is 0 Å². The smallest absolute Gasteiger partial charge is 0.207 e. The van der Waals surface area contributed by atoms with E-state index >= 15 is 0 Å². The van der Waals surface area contributed by atoms with Crippen molar-refractivity contribution in [3.8, 4) is 10.8 Å². The molecule has 90 valence electrons. The molecular formula is C10H3F5OS. The molecule has 1 heterocycles. The number of halogens is 5. The predicted octanol–water partition coefficient (Wildman–Crippen LogP) is 4.24. The fraction of sp³-hybridized carbons (Fsp3) is 0. The summed E-state index contributed by atoms with van der Waals surface area (Å²) in [5, 5.41) is 1.55. The maximum absolute atomic E-state index is 13.2. The molecule has 1 nitrogen and oxygen atoms in total. The van der Waals surface area contributed by atoms with Gasteiger partial charge >= 0.3 is 0 Å². The highest BCUT2D eigenvalue weighted by atomic mass is 32.1. The minimum Gasteiger partial charge on any atom is -0.440 e. The lowest BCUT2D eigenvalue weighted by Crippen LogP contribution is -2.03. The van der Waals surface area contributed by atoms with Crippen LogP contribution >= 0.6 is 11.3 Å². The van der Waals surface area contributed by atoms with Gasteiger partial charge in [-0.05, 0) is 17.5 Å². The molecule has 0 radical (unpaired) electrons. The molecule has 1 aromatic heterocycles. The quantitative estimate of drug-likeness (QED) is 0.449. The van der Waals surface area contributed by atoms with Crippen molar-refractivity contribution in [2.24, 2.45) is 0 Å². The van der Waals surface area contributed by atoms with Gasteiger partial charge in [0.2, 0.25) is 34.8 Å². The first-order valence-electron chi connectivity index (χ1n) is 4.25. The Morgan fingerprint density at radius 2 is 1.35 bits per heavy atom. The van der Waals surface area contributed by atoms with Gasteiger partial charge < -0.3 is 4.74 Å². The number of rotatable bonds is 2. The van der Waals surface area contributed by atoms with E-state index < -0.39 is 34.8 Å². The van der Waals surface area contributed by atoms with E-state index in [2.05, 4.69) is 4.74 Å². The summed E-state index contributed by atoms with van der Waals surface area (Å²) in [6.07, 6.45) is 0. The van der Waals surface area contributed by atoms with E-state index in [-0.39, 0.29) is 5.06 Å². The first-order chi connectivity index (χ1) is 8.02. The molecule has 0 fully saturated rings. The Kier molecular flexibility index (Phi) is 3.01. The van der Waals surface area contributed by atoms with Gasteiger partial charge in [0.15, 0.2) is 5.06 Å². The molecule has 0 bridgehead atoms. The van der Waals surface area contributed by atoms with Crippen LogP contribution in [0.3, 0.4) is 0 Å². The largest absolute Gasteiger partial charge is 0.440 e. The topological polar surface area (TPSA) is 9.23 Å². The van der Waals surface area contributed by atoms with E-state index in [4.69, 9.17) is 0 Å². The molecule has 0 aliphatic heterocycles. The van der Waals surface area contributed by atoms with Crippen LogP contribution in [-0.2, 0) is 0 Å². The number of hydrogen-bond acceptors (Lipinski definition) is 2. The summed E-state index contributed by atoms with van der Waals surface area (Å²) < 4.78 is 69.2. The summed E-state index contributed by atoms with van der Waals surface area (Å²) in [5.74, 6) is -11.6. The Morgan fingerprint density at radius 3 is 1.82 bits per heavy atom. The molecule has 0 saturated heterocycles. The Labute approximate surface area is 96.1 Å². The van der Waals surface area contributed by atoms with Crippen molar-refractivity contribution < 1.29 is 26.7 Å². The number of hydrogen-bond donors (Lipinski definition) is 0. The Balaban J connectivity index is 2.54. The second kappa shape index (κ2) is 4.33. The van der Waals surface area contributed by atoms with Crippen molar-refractivity contribution in [3.05, 3.63) is 46.6 Å². The van der Waals surface area contributed by atoms with Crippen molar-refractivity contribution in [3.63, 3.8) is 0 Å². The van der Waals surface area contributed by atoms with E-state index in [0.29, 0.717) is 0 Å². The molecule has 1 aromatic carbocycles. The minimum atomic E-state index is -2.21. The molecule has 0 unspecified atom stereocenters. The second-order valence-electron chi connectivity index (χ2n) is 2.93. The van der Waals surface area contributed by atoms with Gasteiger partial charge in [-0.2, -0.15) is 8.78 Å². The van der Waals surface area contributed by atoms with Crippen molar-refractivity contribution in [1.82, 2.24) is 0 Å². The molecular weight excluding hydrogens is 263 g/mol. The Bertz CT molecular complexity index is 523. The third-order valence-corrected chi connectivity index (χ3v) is 2.61. The normalized spacial score (nSPS) is 10.6. The average molecular weight is 266 g/mol. The SMILES string of the molecule is Fc1c(F)c(F)c(Oc2cccs2)c(F)c1F. The van der Waals surface area contributed by atoms with Crippen LogP contribution in [0.1, 0.15) is 0 Å². The number of ether oxygens (including phenoxy) is 1. The van der Waals surface area contributed by atoms with E-state index in [1.807, 2.05) is 0 Å². The maximum atomic E-state index is 13.2. The highest BCUT2D eigenvalue weighted by molar-refractivity contribution is 7.11. The fourth-order valence-electron chi connectivity index (χ4n) is 1.10. The zero-order chi connectivity index (χ0) is 12.6. The van der Waals surface area contributed by atoms with Crippen molar-refractivity contribution in [2.75, 3.05) is 0 Å². The van der Waals surface area contributed by atoms with Crippen LogP contribution < -0.4 is 4.74 Å². The molecule has 0 aliphatic rings. The van der Waals surface area contributed by atoms with Crippen LogP contribution in [-0.4, -0.2) is 0 Å². The van der Waals surface area contributed by atoms with Crippen LogP contribution in [0.25, 0.3) is 0 Å². The summed E-state index contributed by atoms with van der Waals surface area (Å²) in [6.45, 7) is 0. The van der Waals surface area contributed by atoms with Crippen LogP contribution in [0.5, 0.6) is 10.8 Å². The molecule has 0 saturated carbocycles. The van der Waals surface area contributed by atoms with Gasteiger partial charge in [-0.25, -0.2) is 13.2 Å². The van der Waals surface area contributed by atoms with E-state index in [9.17, 15) is 22.0 Å². The summed E-state index contributed by atoms with van der Waals surface area (Å²) >= 11 is 0.957. The third kappa shape index (κ3) is 1.97. The predicted molar refractivity (Wildman–Crippen MR) is 50.6 cm³/mol. The van der Waals surface area contributed by atoms with Gasteiger partial charge in [0.25, 0.3) is 0 Å². The molecule has 2 rings (SSSR count). The molecule has 2 aromatic rings. The van der Waals surface area contributed by atoms with Gasteiger partial charge in [-0.15, -0.1) is 11.3 Å². The highest BCUT2D eigenvalue weighted by Gasteiger charge is 2.27. The average Bonchev–Trinajstić information content (AvgIpc) is 2.82. The van der Waals surface area contributed by atoms with Gasteiger partial charge in [-0.1, -0.05) is 0 Å². The van der Waals surface area contributed by atoms with Gasteiger partial charge in [0, 0.05) is 0 Å². The molecule has 0 spiro atoms. The monoisotopic (exact) mass is 266 g/mol. The summed E-state index contributed by atoms with van der Waals surface area (Å²) in [4.78, 5) is 0. The van der Waals surface area contributed by atoms with Crippen LogP contribution in [0, 0.1) is 29.1 Å². The maximum Gasteiger partial charge on any atom is 0.207 e. The Morgan fingerprint density at radius 1 is 0.824 bits per heavy atom. The molecule has 0 aliphatic carbocycles. The molecule has 0 atom stereocenters. The fourth-order valence-corrected chi connectivity index (χ4v) is 1.68. The standard InChI is InChI=1S/C10H3F5OS/c11-5-6(12)8(14)10(9(15)7(5)13)16-4-2-1-3-17-4/h1-3H. The van der Waals surface area contributed by atoms with E-state index in [0.717, 1.165) is 11.3 Å². The van der Waals surface area contributed by atoms with Crippen LogP contribution in [0.2, 0.25) is 0 Å². The van der Waals surface area contributed by atoms with Crippen molar-refractivity contribution >= 4 is 11.3 Å². The molecule has 0 amide bonds. The summed E-state index contributed by atoms with van der Waals surface area (Å²) in [7, 11) is 0. The lowest BCUT2D eigenvalue weighted by Gasteiger charge is -2.07. The molecule has 7 heteroatoms. The lowest BCUT2D eigenvalue weighted by atomic mass is 10.2. The zero-order valence-electron chi connectivity index (χ0n) is 7.94. The first-order valence-corrected chi connectivity index (χ1v) is 5.13. The van der Waals surface area contributed by atoms with Crippen molar-refractivity contribution in [1.29, 1.82) is 0 Å². The lowest BCUT2D eigenvalue weighted by molar-refractivity contribution is 0.335. The highest BCUT2D eigenvalue weighted by Crippen LogP contribution is 2.34. The van der Waals surface area contributed by atoms with Gasteiger partial charge in [0.1, 0.15) is 0 Å². The van der Waals surface area contributed by atoms with Crippen molar-refractivity contribution in [2.45, 2.75) is 0 Å². The van der Waals surface area contributed by atoms with Gasteiger partial charge in [0.05, 0.1) is 0 Å². The summed E-state index contributed by atoms with van der Waals surface area (Å²) in [5.41, 5.74) is 0. The van der Waals surface area contributed by atoms with Crippen LogP contribution in [0.4, 0.5) is 22.0 Å². The number of thiophene rings is 1. The number of benzene rings is 1. The third-order valence-electron chi connectivity index (χ3n) is 1.87. The van der Waals surface area contributed by atoms with E-state index in [1.54, 1.807) is 0 Å². The first kappa shape index (κ1) is 11.8. The summed E-state index contributed by atoms with van der Waals surface area (Å²) in [6, 6.07) is 2.84. The molecule has 17 heavy (non-hydrogen) atoms. The van der Waals surface area contributed by atoms with Crippen LogP contribution in [0.15, 0.2) is 17.5 Å². The Hall–Kier alpha value is -1.63. The molecule has 0 N–H and O–H groups in total. The minimum absolute atomic E-state index is 0.0215. The second-order valence-corrected chi connectivity index (χ2v) is 3.84. The van der Waals surface area contributed by atoms with E-state index in [1.165, 1.54) is 17.5 Å². The zero-order valence-corrected chi connectivity index (χ0v) is 8.75.